The van der Waals surface area contributed by atoms with Crippen LogP contribution in [-0.2, 0) is 30.4 Å². The van der Waals surface area contributed by atoms with Crippen molar-refractivity contribution in [3.05, 3.63) is 48.0 Å². The van der Waals surface area contributed by atoms with Crippen LogP contribution in [0, 0.1) is 11.3 Å². The molecule has 0 saturated carbocycles. The van der Waals surface area contributed by atoms with Crippen LogP contribution >= 0.6 is 0 Å². The normalized spacial score (nSPS) is 12.5. The van der Waals surface area contributed by atoms with Crippen molar-refractivity contribution < 1.29 is 42.3 Å². The summed E-state index contributed by atoms with van der Waals surface area (Å²) in [5.41, 5.74) is 22.7. The number of amidine groups is 1. The number of guanidine groups is 1. The number of unbranched alkanes of at least 4 members (excludes halogenated alkanes) is 1. The Bertz CT molecular complexity index is 1240. The second-order valence-electron chi connectivity index (χ2n) is 9.82. The van der Waals surface area contributed by atoms with E-state index in [0.717, 1.165) is 6.42 Å². The lowest BCUT2D eigenvalue weighted by molar-refractivity contribution is -0.192. The number of nitrogens with one attached hydrogen (secondary N) is 4. The van der Waals surface area contributed by atoms with E-state index in [0.29, 0.717) is 30.4 Å². The molecule has 46 heavy (non-hydrogen) atoms. The van der Waals surface area contributed by atoms with E-state index in [1.54, 1.807) is 24.3 Å². The van der Waals surface area contributed by atoms with Crippen LogP contribution in [0.25, 0.3) is 0 Å². The van der Waals surface area contributed by atoms with Crippen LogP contribution in [0.2, 0.25) is 0 Å². The van der Waals surface area contributed by atoms with Crippen molar-refractivity contribution in [1.82, 2.24) is 16.0 Å². The Hall–Kier alpha value is -5.16. The van der Waals surface area contributed by atoms with E-state index in [4.69, 9.17) is 38.2 Å². The molecule has 0 saturated heterocycles. The summed E-state index contributed by atoms with van der Waals surface area (Å²) in [6, 6.07) is 4.63. The number of nitrogens with zero attached hydrogens (tertiary/aromatic N) is 1. The van der Waals surface area contributed by atoms with Gasteiger partial charge in [-0.05, 0) is 31.2 Å². The van der Waals surface area contributed by atoms with Gasteiger partial charge >= 0.3 is 12.1 Å². The van der Waals surface area contributed by atoms with Crippen LogP contribution < -0.4 is 38.9 Å². The molecule has 0 aromatic heterocycles. The molecular formula is C28H42F3N9O6. The maximum atomic E-state index is 13.3. The molecule has 0 radical (unpaired) electrons. The predicted octanol–water partition coefficient (Wildman–Crippen LogP) is -0.236. The summed E-state index contributed by atoms with van der Waals surface area (Å²) in [4.78, 5) is 64.0. The number of hydrogen-bond acceptors (Lipinski definition) is 7. The van der Waals surface area contributed by atoms with E-state index in [-0.39, 0.29) is 37.7 Å². The Morgan fingerprint density at radius 1 is 0.957 bits per heavy atom. The number of aliphatic carboxylic acids is 1. The molecule has 0 aliphatic rings. The SMILES string of the molecule is C=CCNC(=O)C(Cc1ccc(C(=N)N)cc1)C(=O)NC(CCCC)C(=O)N[C@@H](CCCN=C(N)N)C(N)=O.O=C(O)C(F)(F)F. The van der Waals surface area contributed by atoms with Gasteiger partial charge in [-0.1, -0.05) is 50.1 Å². The van der Waals surface area contributed by atoms with Gasteiger partial charge in [0.15, 0.2) is 5.96 Å². The van der Waals surface area contributed by atoms with Crippen LogP contribution in [-0.4, -0.2) is 77.8 Å². The Morgan fingerprint density at radius 3 is 1.96 bits per heavy atom. The Morgan fingerprint density at radius 2 is 1.50 bits per heavy atom. The maximum absolute atomic E-state index is 13.3. The average molecular weight is 658 g/mol. The third-order valence-electron chi connectivity index (χ3n) is 6.09. The first-order chi connectivity index (χ1) is 21.4. The van der Waals surface area contributed by atoms with Crippen molar-refractivity contribution in [2.24, 2.45) is 33.8 Å². The summed E-state index contributed by atoms with van der Waals surface area (Å²) >= 11 is 0. The van der Waals surface area contributed by atoms with Gasteiger partial charge in [0.2, 0.25) is 23.6 Å². The summed E-state index contributed by atoms with van der Waals surface area (Å²) in [5, 5.41) is 22.6. The number of benzene rings is 1. The number of halogens is 3. The molecule has 0 fully saturated rings. The van der Waals surface area contributed by atoms with Crippen molar-refractivity contribution in [1.29, 1.82) is 5.41 Å². The third-order valence-corrected chi connectivity index (χ3v) is 6.09. The van der Waals surface area contributed by atoms with E-state index >= 15 is 0 Å². The zero-order chi connectivity index (χ0) is 35.4. The van der Waals surface area contributed by atoms with Crippen LogP contribution in [0.5, 0.6) is 0 Å². The highest BCUT2D eigenvalue weighted by molar-refractivity contribution is 6.02. The molecule has 256 valence electrons. The van der Waals surface area contributed by atoms with Crippen LogP contribution in [0.15, 0.2) is 41.9 Å². The number of rotatable bonds is 18. The second-order valence-corrected chi connectivity index (χ2v) is 9.82. The predicted molar refractivity (Wildman–Crippen MR) is 164 cm³/mol. The minimum absolute atomic E-state index is 0.0455. The largest absolute Gasteiger partial charge is 0.490 e. The number of carbonyl (C=O) groups excluding carboxylic acids is 4. The zero-order valence-electron chi connectivity index (χ0n) is 25.4. The van der Waals surface area contributed by atoms with Crippen molar-refractivity contribution >= 4 is 41.4 Å². The minimum atomic E-state index is -5.08. The maximum Gasteiger partial charge on any atom is 0.490 e. The highest BCUT2D eigenvalue weighted by Crippen LogP contribution is 2.14. The minimum Gasteiger partial charge on any atom is -0.475 e. The van der Waals surface area contributed by atoms with Crippen molar-refractivity contribution in [3.63, 3.8) is 0 Å². The number of aliphatic imine (C=N–C) groups is 1. The first-order valence-corrected chi connectivity index (χ1v) is 14.0. The Kier molecular flexibility index (Phi) is 18.4. The van der Waals surface area contributed by atoms with Crippen molar-refractivity contribution in [3.8, 4) is 0 Å². The van der Waals surface area contributed by atoms with Gasteiger partial charge in [-0.2, -0.15) is 13.2 Å². The van der Waals surface area contributed by atoms with Gasteiger partial charge in [-0.25, -0.2) is 4.79 Å². The highest BCUT2D eigenvalue weighted by Gasteiger charge is 2.38. The molecule has 4 amide bonds. The van der Waals surface area contributed by atoms with Gasteiger partial charge in [0, 0.05) is 18.7 Å². The first kappa shape index (κ1) is 40.8. The fraction of sp³-hybridized carbons (Fsp3) is 0.464. The summed E-state index contributed by atoms with van der Waals surface area (Å²) in [6.45, 7) is 5.92. The van der Waals surface area contributed by atoms with Crippen molar-refractivity contribution in [2.45, 2.75) is 63.7 Å². The molecule has 1 aromatic carbocycles. The fourth-order valence-electron chi connectivity index (χ4n) is 3.67. The lowest BCUT2D eigenvalue weighted by Crippen LogP contribution is -2.55. The van der Waals surface area contributed by atoms with E-state index in [9.17, 15) is 32.3 Å². The van der Waals surface area contributed by atoms with Gasteiger partial charge in [-0.3, -0.25) is 29.6 Å². The molecule has 15 nitrogen and oxygen atoms in total. The van der Waals surface area contributed by atoms with Gasteiger partial charge in [-0.15, -0.1) is 6.58 Å². The number of carbonyl (C=O) groups is 5. The number of primary amides is 1. The van der Waals surface area contributed by atoms with E-state index in [1.165, 1.54) is 6.08 Å². The van der Waals surface area contributed by atoms with E-state index in [2.05, 4.69) is 27.5 Å². The molecule has 0 heterocycles. The molecule has 13 N–H and O–H groups in total. The quantitative estimate of drug-likeness (QED) is 0.0331. The summed E-state index contributed by atoms with van der Waals surface area (Å²) < 4.78 is 31.7. The van der Waals surface area contributed by atoms with Gasteiger partial charge in [0.25, 0.3) is 0 Å². The smallest absolute Gasteiger partial charge is 0.475 e. The van der Waals surface area contributed by atoms with Gasteiger partial charge in [0.05, 0.1) is 0 Å². The monoisotopic (exact) mass is 657 g/mol. The van der Waals surface area contributed by atoms with Crippen LogP contribution in [0.1, 0.15) is 50.2 Å². The first-order valence-electron chi connectivity index (χ1n) is 14.0. The molecule has 0 spiro atoms. The van der Waals surface area contributed by atoms with Crippen LogP contribution in [0.3, 0.4) is 0 Å². The molecular weight excluding hydrogens is 615 g/mol. The van der Waals surface area contributed by atoms with Gasteiger partial charge in [0.1, 0.15) is 23.8 Å². The third kappa shape index (κ3) is 16.6. The Balaban J connectivity index is 0.00000258. The number of carboxylic acids is 1. The number of amides is 4. The fourth-order valence-corrected chi connectivity index (χ4v) is 3.67. The summed E-state index contributed by atoms with van der Waals surface area (Å²) in [7, 11) is 0. The lowest BCUT2D eigenvalue weighted by atomic mass is 9.95. The zero-order valence-corrected chi connectivity index (χ0v) is 25.4. The number of nitrogens with two attached hydrogens (primary N) is 4. The van der Waals surface area contributed by atoms with Gasteiger partial charge < -0.3 is 44.0 Å². The number of hydrogen-bond donors (Lipinski definition) is 9. The summed E-state index contributed by atoms with van der Waals surface area (Å²) in [5.74, 6) is -6.60. The molecule has 1 aromatic rings. The molecule has 0 aliphatic heterocycles. The molecule has 1 rings (SSSR count). The average Bonchev–Trinajstić information content (AvgIpc) is 2.97. The van der Waals surface area contributed by atoms with E-state index in [1.807, 2.05) is 6.92 Å². The van der Waals surface area contributed by atoms with Crippen LogP contribution in [0.4, 0.5) is 13.2 Å². The molecule has 2 unspecified atom stereocenters. The topological polar surface area (TPSA) is 282 Å². The number of carboxylic acid groups (broad SMARTS) is 1. The standard InChI is InChI=1S/C26H41N9O4.C2HF3O2/c1-3-5-7-20(25(39)34-19(22(29)36)8-6-14-33-26(30)31)35-24(38)18(23(37)32-13-4-2)15-16-9-11-17(12-10-16)21(27)28;3-2(4,5)1(6)7/h4,9-12,18-20H,2-3,5-8,13-15H2,1H3,(H3,27,28)(H2,29,36)(H,32,37)(H,34,39)(H,35,38)(H4,30,31,33);(H,6,7)/t18?,19-,20?;/m0./s1. The number of nitrogen functional groups attached to an aromatic ring is 1. The lowest BCUT2D eigenvalue weighted by Gasteiger charge is -2.24. The molecule has 3 atom stereocenters. The Labute approximate surface area is 263 Å². The van der Waals surface area contributed by atoms with E-state index < -0.39 is 53.8 Å². The van der Waals surface area contributed by atoms with Crippen molar-refractivity contribution in [2.75, 3.05) is 13.1 Å². The molecule has 0 bridgehead atoms. The summed E-state index contributed by atoms with van der Waals surface area (Å²) in [6.07, 6.45) is -1.29. The second kappa shape index (κ2) is 20.7. The number of alkyl halides is 3. The molecule has 18 heteroatoms. The molecule has 0 aliphatic carbocycles. The highest BCUT2D eigenvalue weighted by atomic mass is 19.4.